The zero-order valence-electron chi connectivity index (χ0n) is 12.8. The van der Waals surface area contributed by atoms with Crippen molar-refractivity contribution < 1.29 is 0 Å². The lowest BCUT2D eigenvalue weighted by molar-refractivity contribution is 0.168. The van der Waals surface area contributed by atoms with Crippen LogP contribution < -0.4 is 5.73 Å². The first-order valence-corrected chi connectivity index (χ1v) is 8.65. The highest BCUT2D eigenvalue weighted by Gasteiger charge is 2.31. The van der Waals surface area contributed by atoms with Crippen molar-refractivity contribution in [3.63, 3.8) is 0 Å². The Bertz CT molecular complexity index is 300. The highest BCUT2D eigenvalue weighted by atomic mass is 32.2. The third kappa shape index (κ3) is 5.13. The van der Waals surface area contributed by atoms with Crippen molar-refractivity contribution in [2.45, 2.75) is 77.7 Å². The number of thioether (sulfide) groups is 1. The van der Waals surface area contributed by atoms with Gasteiger partial charge >= 0.3 is 0 Å². The second-order valence-electron chi connectivity index (χ2n) is 5.75. The van der Waals surface area contributed by atoms with E-state index in [9.17, 15) is 0 Å². The lowest BCUT2D eigenvalue weighted by Crippen LogP contribution is -2.45. The summed E-state index contributed by atoms with van der Waals surface area (Å²) in [5.74, 6) is 0.906. The highest BCUT2D eigenvalue weighted by Crippen LogP contribution is 2.33. The Morgan fingerprint density at radius 1 is 1.11 bits per heavy atom. The van der Waals surface area contributed by atoms with E-state index < -0.39 is 0 Å². The van der Waals surface area contributed by atoms with Gasteiger partial charge in [-0.1, -0.05) is 52.4 Å². The third-order valence-electron chi connectivity index (χ3n) is 3.97. The van der Waals surface area contributed by atoms with E-state index in [1.165, 1.54) is 51.4 Å². The summed E-state index contributed by atoms with van der Waals surface area (Å²) in [5.41, 5.74) is 6.37. The summed E-state index contributed by atoms with van der Waals surface area (Å²) in [6.45, 7) is 6.90. The van der Waals surface area contributed by atoms with Crippen LogP contribution in [0.2, 0.25) is 0 Å². The van der Waals surface area contributed by atoms with Crippen LogP contribution >= 0.6 is 11.8 Å². The van der Waals surface area contributed by atoms with Gasteiger partial charge in [0.05, 0.1) is 0 Å². The predicted octanol–water partition coefficient (Wildman–Crippen LogP) is 5.18. The summed E-state index contributed by atoms with van der Waals surface area (Å²) in [5, 5.41) is 4.19. The SMILES string of the molecule is CCCCCC(C)(CCCCC)N1C=CSC=C1N. The van der Waals surface area contributed by atoms with Crippen LogP contribution in [-0.2, 0) is 0 Å². The zero-order chi connectivity index (χ0) is 14.1. The van der Waals surface area contributed by atoms with E-state index in [2.05, 4.69) is 42.7 Å². The molecule has 0 saturated carbocycles. The number of rotatable bonds is 9. The molecule has 0 fully saturated rings. The quantitative estimate of drug-likeness (QED) is 0.591. The summed E-state index contributed by atoms with van der Waals surface area (Å²) in [6, 6.07) is 0. The number of nitrogens with zero attached hydrogens (tertiary/aromatic N) is 1. The first kappa shape index (κ1) is 16.5. The molecule has 0 amide bonds. The van der Waals surface area contributed by atoms with E-state index >= 15 is 0 Å². The Morgan fingerprint density at radius 3 is 2.16 bits per heavy atom. The highest BCUT2D eigenvalue weighted by molar-refractivity contribution is 8.04. The van der Waals surface area contributed by atoms with Crippen molar-refractivity contribution in [3.8, 4) is 0 Å². The van der Waals surface area contributed by atoms with Gasteiger partial charge in [0.25, 0.3) is 0 Å². The van der Waals surface area contributed by atoms with Gasteiger partial charge in [0.15, 0.2) is 0 Å². The van der Waals surface area contributed by atoms with Crippen molar-refractivity contribution >= 4 is 11.8 Å². The minimum absolute atomic E-state index is 0.183. The third-order valence-corrected chi connectivity index (χ3v) is 4.63. The maximum atomic E-state index is 6.19. The van der Waals surface area contributed by atoms with Gasteiger partial charge in [-0.15, -0.1) is 11.8 Å². The summed E-state index contributed by atoms with van der Waals surface area (Å²) in [4.78, 5) is 2.30. The van der Waals surface area contributed by atoms with Crippen LogP contribution in [0, 0.1) is 0 Å². The number of nitrogens with two attached hydrogens (primary N) is 1. The molecule has 0 aromatic heterocycles. The van der Waals surface area contributed by atoms with E-state index in [4.69, 9.17) is 5.73 Å². The Morgan fingerprint density at radius 2 is 1.68 bits per heavy atom. The Hall–Kier alpha value is -0.570. The van der Waals surface area contributed by atoms with E-state index in [1.54, 1.807) is 11.8 Å². The molecule has 0 aliphatic carbocycles. The fourth-order valence-corrected chi connectivity index (χ4v) is 3.24. The van der Waals surface area contributed by atoms with E-state index in [1.807, 2.05) is 0 Å². The molecule has 1 rings (SSSR count). The average Bonchev–Trinajstić information content (AvgIpc) is 2.40. The smallest absolute Gasteiger partial charge is 0.110 e. The molecule has 0 radical (unpaired) electrons. The van der Waals surface area contributed by atoms with Crippen molar-refractivity contribution in [1.82, 2.24) is 4.90 Å². The minimum Gasteiger partial charge on any atom is -0.385 e. The molecule has 1 heterocycles. The molecule has 0 bridgehead atoms. The first-order valence-electron chi connectivity index (χ1n) is 7.71. The van der Waals surface area contributed by atoms with Crippen LogP contribution in [0.25, 0.3) is 0 Å². The molecule has 2 nitrogen and oxygen atoms in total. The van der Waals surface area contributed by atoms with Crippen LogP contribution in [0.15, 0.2) is 22.8 Å². The second-order valence-corrected chi connectivity index (χ2v) is 6.53. The molecule has 1 aliphatic heterocycles. The molecular weight excluding hydrogens is 252 g/mol. The summed E-state index contributed by atoms with van der Waals surface area (Å²) < 4.78 is 0. The molecule has 1 aliphatic rings. The average molecular weight is 282 g/mol. The molecule has 0 saturated heterocycles. The molecule has 0 aromatic rings. The van der Waals surface area contributed by atoms with Gasteiger partial charge in [-0.25, -0.2) is 0 Å². The van der Waals surface area contributed by atoms with Gasteiger partial charge in [0, 0.05) is 17.1 Å². The van der Waals surface area contributed by atoms with E-state index in [-0.39, 0.29) is 5.54 Å². The van der Waals surface area contributed by atoms with Crippen LogP contribution in [0.5, 0.6) is 0 Å². The van der Waals surface area contributed by atoms with Crippen molar-refractivity contribution in [3.05, 3.63) is 22.8 Å². The van der Waals surface area contributed by atoms with Crippen molar-refractivity contribution in [2.75, 3.05) is 0 Å². The van der Waals surface area contributed by atoms with Crippen molar-refractivity contribution in [2.24, 2.45) is 5.73 Å². The van der Waals surface area contributed by atoms with Crippen molar-refractivity contribution in [1.29, 1.82) is 0 Å². The standard InChI is InChI=1S/C16H30N2S/c1-4-6-8-10-16(3,11-9-7-5-2)18-12-13-19-14-15(18)17/h12-14H,4-11,17H2,1-3H3. The van der Waals surface area contributed by atoms with Crippen LogP contribution in [-0.4, -0.2) is 10.4 Å². The minimum atomic E-state index is 0.183. The van der Waals surface area contributed by atoms with Crippen LogP contribution in [0.1, 0.15) is 72.1 Å². The second kappa shape index (κ2) is 8.57. The van der Waals surface area contributed by atoms with Gasteiger partial charge in [-0.3, -0.25) is 0 Å². The number of hydrogen-bond donors (Lipinski definition) is 1. The number of unbranched alkanes of at least 4 members (excludes halogenated alkanes) is 4. The van der Waals surface area contributed by atoms with Gasteiger partial charge in [-0.05, 0) is 25.2 Å². The molecule has 110 valence electrons. The number of hydrogen-bond acceptors (Lipinski definition) is 3. The lowest BCUT2D eigenvalue weighted by Gasteiger charge is -2.42. The predicted molar refractivity (Wildman–Crippen MR) is 87.5 cm³/mol. The van der Waals surface area contributed by atoms with E-state index in [0.717, 1.165) is 5.82 Å². The largest absolute Gasteiger partial charge is 0.385 e. The van der Waals surface area contributed by atoms with Gasteiger partial charge < -0.3 is 10.6 Å². The van der Waals surface area contributed by atoms with Crippen LogP contribution in [0.4, 0.5) is 0 Å². The monoisotopic (exact) mass is 282 g/mol. The maximum absolute atomic E-state index is 6.19. The van der Waals surface area contributed by atoms with Crippen LogP contribution in [0.3, 0.4) is 0 Å². The Balaban J connectivity index is 2.68. The summed E-state index contributed by atoms with van der Waals surface area (Å²) in [6.07, 6.45) is 12.4. The molecule has 19 heavy (non-hydrogen) atoms. The topological polar surface area (TPSA) is 29.3 Å². The van der Waals surface area contributed by atoms with Gasteiger partial charge in [-0.2, -0.15) is 0 Å². The molecule has 3 heteroatoms. The normalized spacial score (nSPS) is 15.7. The Labute approximate surface area is 123 Å². The van der Waals surface area contributed by atoms with Gasteiger partial charge in [0.2, 0.25) is 0 Å². The van der Waals surface area contributed by atoms with E-state index in [0.29, 0.717) is 0 Å². The maximum Gasteiger partial charge on any atom is 0.110 e. The molecule has 0 spiro atoms. The summed E-state index contributed by atoms with van der Waals surface area (Å²) in [7, 11) is 0. The molecule has 2 N–H and O–H groups in total. The summed E-state index contributed by atoms with van der Waals surface area (Å²) >= 11 is 1.67. The van der Waals surface area contributed by atoms with Gasteiger partial charge in [0.1, 0.15) is 5.82 Å². The fraction of sp³-hybridized carbons (Fsp3) is 0.750. The molecule has 0 aromatic carbocycles. The fourth-order valence-electron chi connectivity index (χ4n) is 2.72. The first-order chi connectivity index (χ1) is 9.14. The molecule has 0 unspecified atom stereocenters. The molecule has 0 atom stereocenters. The molecular formula is C16H30N2S. The Kier molecular flexibility index (Phi) is 7.44. The lowest BCUT2D eigenvalue weighted by atomic mass is 9.87. The zero-order valence-corrected chi connectivity index (χ0v) is 13.6.